The van der Waals surface area contributed by atoms with Gasteiger partial charge in [-0.2, -0.15) is 0 Å². The second-order valence-corrected chi connectivity index (χ2v) is 4.00. The molecule has 5 nitrogen and oxygen atoms in total. The van der Waals surface area contributed by atoms with Crippen LogP contribution in [0.4, 0.5) is 5.69 Å². The SMILES string of the molecule is O=[N+]([O-])c1ccc2c(c1)OCCCCCCO2. The van der Waals surface area contributed by atoms with E-state index in [4.69, 9.17) is 9.47 Å². The normalized spacial score (nSPS) is 16.2. The molecule has 17 heavy (non-hydrogen) atoms. The van der Waals surface area contributed by atoms with Crippen molar-refractivity contribution in [1.82, 2.24) is 0 Å². The van der Waals surface area contributed by atoms with E-state index >= 15 is 0 Å². The second-order valence-electron chi connectivity index (χ2n) is 4.00. The number of hydrogen-bond donors (Lipinski definition) is 0. The number of ether oxygens (including phenoxy) is 2. The molecule has 92 valence electrons. The number of hydrogen-bond acceptors (Lipinski definition) is 4. The van der Waals surface area contributed by atoms with Gasteiger partial charge in [-0.3, -0.25) is 10.1 Å². The van der Waals surface area contributed by atoms with Crippen molar-refractivity contribution < 1.29 is 14.4 Å². The highest BCUT2D eigenvalue weighted by Gasteiger charge is 2.13. The Hall–Kier alpha value is -1.78. The van der Waals surface area contributed by atoms with E-state index in [0.717, 1.165) is 25.7 Å². The average molecular weight is 237 g/mol. The summed E-state index contributed by atoms with van der Waals surface area (Å²) >= 11 is 0. The molecule has 0 aromatic heterocycles. The third-order valence-electron chi connectivity index (χ3n) is 2.69. The molecule has 1 heterocycles. The fraction of sp³-hybridized carbons (Fsp3) is 0.500. The summed E-state index contributed by atoms with van der Waals surface area (Å²) < 4.78 is 11.1. The van der Waals surface area contributed by atoms with Crippen LogP contribution in [0.5, 0.6) is 11.5 Å². The lowest BCUT2D eigenvalue weighted by Crippen LogP contribution is -2.05. The fourth-order valence-corrected chi connectivity index (χ4v) is 1.76. The van der Waals surface area contributed by atoms with Crippen LogP contribution in [-0.4, -0.2) is 18.1 Å². The predicted octanol–water partition coefficient (Wildman–Crippen LogP) is 2.93. The first-order valence-corrected chi connectivity index (χ1v) is 5.81. The molecule has 2 rings (SSSR count). The van der Waals surface area contributed by atoms with Crippen molar-refractivity contribution in [3.05, 3.63) is 28.3 Å². The van der Waals surface area contributed by atoms with Gasteiger partial charge in [-0.25, -0.2) is 0 Å². The van der Waals surface area contributed by atoms with Gasteiger partial charge in [0.2, 0.25) is 0 Å². The maximum absolute atomic E-state index is 10.7. The molecule has 0 unspecified atom stereocenters. The number of nitrogens with zero attached hydrogens (tertiary/aromatic N) is 1. The van der Waals surface area contributed by atoms with Gasteiger partial charge in [0.15, 0.2) is 11.5 Å². The Kier molecular flexibility index (Phi) is 3.80. The summed E-state index contributed by atoms with van der Waals surface area (Å²) in [7, 11) is 0. The Morgan fingerprint density at radius 1 is 1.00 bits per heavy atom. The fourth-order valence-electron chi connectivity index (χ4n) is 1.76. The largest absolute Gasteiger partial charge is 0.490 e. The van der Waals surface area contributed by atoms with E-state index in [9.17, 15) is 10.1 Å². The van der Waals surface area contributed by atoms with Crippen LogP contribution in [0.15, 0.2) is 18.2 Å². The van der Waals surface area contributed by atoms with Gasteiger partial charge < -0.3 is 9.47 Å². The maximum Gasteiger partial charge on any atom is 0.273 e. The van der Waals surface area contributed by atoms with Crippen molar-refractivity contribution in [1.29, 1.82) is 0 Å². The highest BCUT2D eigenvalue weighted by molar-refractivity contribution is 5.48. The van der Waals surface area contributed by atoms with E-state index in [2.05, 4.69) is 0 Å². The van der Waals surface area contributed by atoms with Gasteiger partial charge in [0.25, 0.3) is 5.69 Å². The van der Waals surface area contributed by atoms with Crippen LogP contribution < -0.4 is 9.47 Å². The topological polar surface area (TPSA) is 61.6 Å². The highest BCUT2D eigenvalue weighted by Crippen LogP contribution is 2.32. The summed E-state index contributed by atoms with van der Waals surface area (Å²) in [5, 5.41) is 10.7. The van der Waals surface area contributed by atoms with Crippen LogP contribution in [0.25, 0.3) is 0 Å². The van der Waals surface area contributed by atoms with Gasteiger partial charge in [0.05, 0.1) is 24.2 Å². The molecule has 0 radical (unpaired) electrons. The molecule has 0 aliphatic carbocycles. The Balaban J connectivity index is 2.22. The van der Waals surface area contributed by atoms with Crippen LogP contribution in [-0.2, 0) is 0 Å². The van der Waals surface area contributed by atoms with Gasteiger partial charge in [-0.1, -0.05) is 0 Å². The number of non-ortho nitro benzene ring substituents is 1. The van der Waals surface area contributed by atoms with E-state index < -0.39 is 4.92 Å². The molecule has 1 aromatic rings. The molecule has 5 heteroatoms. The van der Waals surface area contributed by atoms with Crippen molar-refractivity contribution >= 4 is 5.69 Å². The minimum absolute atomic E-state index is 0.0319. The number of nitro benzene ring substituents is 1. The van der Waals surface area contributed by atoms with Crippen LogP contribution in [0.3, 0.4) is 0 Å². The summed E-state index contributed by atoms with van der Waals surface area (Å²) in [5.41, 5.74) is 0.0319. The minimum Gasteiger partial charge on any atom is -0.490 e. The molecule has 0 bridgehead atoms. The lowest BCUT2D eigenvalue weighted by atomic mass is 10.2. The summed E-state index contributed by atoms with van der Waals surface area (Å²) in [6, 6.07) is 4.47. The van der Waals surface area contributed by atoms with Gasteiger partial charge in [-0.15, -0.1) is 0 Å². The van der Waals surface area contributed by atoms with Crippen molar-refractivity contribution in [2.24, 2.45) is 0 Å². The Labute approximate surface area is 99.5 Å². The third kappa shape index (κ3) is 3.09. The highest BCUT2D eigenvalue weighted by atomic mass is 16.6. The first kappa shape index (κ1) is 11.7. The van der Waals surface area contributed by atoms with Crippen molar-refractivity contribution in [2.45, 2.75) is 25.7 Å². The zero-order chi connectivity index (χ0) is 12.1. The molecule has 0 N–H and O–H groups in total. The second kappa shape index (κ2) is 5.52. The molecule has 0 spiro atoms. The monoisotopic (exact) mass is 237 g/mol. The molecule has 1 aromatic carbocycles. The van der Waals surface area contributed by atoms with Gasteiger partial charge in [0.1, 0.15) is 0 Å². The van der Waals surface area contributed by atoms with Crippen LogP contribution >= 0.6 is 0 Å². The first-order chi connectivity index (χ1) is 8.27. The summed E-state index contributed by atoms with van der Waals surface area (Å²) in [4.78, 5) is 10.2. The molecule has 1 aliphatic heterocycles. The number of benzene rings is 1. The van der Waals surface area contributed by atoms with Crippen molar-refractivity contribution in [3.63, 3.8) is 0 Å². The Morgan fingerprint density at radius 2 is 1.65 bits per heavy atom. The maximum atomic E-state index is 10.7. The number of rotatable bonds is 1. The van der Waals surface area contributed by atoms with Gasteiger partial charge in [0, 0.05) is 6.07 Å². The quantitative estimate of drug-likeness (QED) is 0.556. The van der Waals surface area contributed by atoms with Crippen LogP contribution in [0, 0.1) is 10.1 Å². The average Bonchev–Trinajstić information content (AvgIpc) is 2.34. The van der Waals surface area contributed by atoms with Crippen LogP contribution in [0.2, 0.25) is 0 Å². The minimum atomic E-state index is -0.428. The molecular weight excluding hydrogens is 222 g/mol. The molecule has 0 saturated carbocycles. The molecule has 0 saturated heterocycles. The Morgan fingerprint density at radius 3 is 2.29 bits per heavy atom. The molecule has 0 amide bonds. The standard InChI is InChI=1S/C12H15NO4/c14-13(15)10-5-6-11-12(9-10)17-8-4-2-1-3-7-16-11/h5-6,9H,1-4,7-8H2. The van der Waals surface area contributed by atoms with Crippen LogP contribution in [0.1, 0.15) is 25.7 Å². The van der Waals surface area contributed by atoms with E-state index in [1.807, 2.05) is 0 Å². The Bertz CT molecular complexity index is 405. The van der Waals surface area contributed by atoms with Gasteiger partial charge in [-0.05, 0) is 31.7 Å². The lowest BCUT2D eigenvalue weighted by Gasteiger charge is -2.14. The first-order valence-electron chi connectivity index (χ1n) is 5.81. The molecule has 1 aliphatic rings. The third-order valence-corrected chi connectivity index (χ3v) is 2.69. The molecular formula is C12H15NO4. The lowest BCUT2D eigenvalue weighted by molar-refractivity contribution is -0.385. The molecule has 0 atom stereocenters. The van der Waals surface area contributed by atoms with E-state index in [-0.39, 0.29) is 5.69 Å². The van der Waals surface area contributed by atoms with Crippen molar-refractivity contribution in [3.8, 4) is 11.5 Å². The van der Waals surface area contributed by atoms with Crippen molar-refractivity contribution in [2.75, 3.05) is 13.2 Å². The van der Waals surface area contributed by atoms with Gasteiger partial charge >= 0.3 is 0 Å². The van der Waals surface area contributed by atoms with E-state index in [0.29, 0.717) is 24.7 Å². The number of fused-ring (bicyclic) bond motifs is 1. The van der Waals surface area contributed by atoms with E-state index in [1.165, 1.54) is 12.1 Å². The zero-order valence-corrected chi connectivity index (χ0v) is 9.55. The summed E-state index contributed by atoms with van der Waals surface area (Å²) in [6.07, 6.45) is 4.22. The number of nitro groups is 1. The zero-order valence-electron chi connectivity index (χ0n) is 9.55. The summed E-state index contributed by atoms with van der Waals surface area (Å²) in [6.45, 7) is 1.21. The molecule has 0 fully saturated rings. The smallest absolute Gasteiger partial charge is 0.273 e. The summed E-state index contributed by atoms with van der Waals surface area (Å²) in [5.74, 6) is 1.07. The van der Waals surface area contributed by atoms with E-state index in [1.54, 1.807) is 6.07 Å². The predicted molar refractivity (Wildman–Crippen MR) is 62.6 cm³/mol.